The monoisotopic (exact) mass is 431 g/mol. The van der Waals surface area contributed by atoms with Crippen molar-refractivity contribution in [3.05, 3.63) is 40.5 Å². The molecule has 8 heteroatoms. The molecule has 2 rings (SSSR count). The van der Waals surface area contributed by atoms with E-state index in [-0.39, 0.29) is 11.8 Å². The summed E-state index contributed by atoms with van der Waals surface area (Å²) in [5.74, 6) is -0.247. The smallest absolute Gasteiger partial charge is 0.421 e. The number of halogens is 4. The van der Waals surface area contributed by atoms with Gasteiger partial charge in [-0.1, -0.05) is 38.3 Å². The second kappa shape index (κ2) is 9.21. The van der Waals surface area contributed by atoms with Crippen molar-refractivity contribution in [1.82, 2.24) is 9.97 Å². The molecule has 0 unspecified atom stereocenters. The zero-order valence-corrected chi connectivity index (χ0v) is 16.3. The van der Waals surface area contributed by atoms with Crippen molar-refractivity contribution < 1.29 is 17.9 Å². The van der Waals surface area contributed by atoms with Crippen LogP contribution in [0, 0.1) is 0 Å². The van der Waals surface area contributed by atoms with Gasteiger partial charge in [0.2, 0.25) is 0 Å². The molecule has 1 heterocycles. The Morgan fingerprint density at radius 3 is 2.54 bits per heavy atom. The minimum absolute atomic E-state index is 0.0524. The van der Waals surface area contributed by atoms with E-state index in [2.05, 4.69) is 32.8 Å². The summed E-state index contributed by atoms with van der Waals surface area (Å²) in [4.78, 5) is 9.13. The molecule has 0 saturated heterocycles. The lowest BCUT2D eigenvalue weighted by Crippen LogP contribution is -2.19. The van der Waals surface area contributed by atoms with E-state index < -0.39 is 11.7 Å². The highest BCUT2D eigenvalue weighted by Crippen LogP contribution is 2.39. The number of rotatable bonds is 8. The number of alkyl halides is 3. The third-order valence-corrected chi connectivity index (χ3v) is 4.48. The number of para-hydroxylation sites is 1. The number of aromatic nitrogens is 2. The van der Waals surface area contributed by atoms with Gasteiger partial charge in [-0.25, -0.2) is 4.98 Å². The zero-order chi connectivity index (χ0) is 19.2. The number of benzene rings is 1. The van der Waals surface area contributed by atoms with Crippen molar-refractivity contribution in [2.24, 2.45) is 0 Å². The molecule has 0 aliphatic rings. The molecule has 0 fully saturated rings. The van der Waals surface area contributed by atoms with Gasteiger partial charge in [0.25, 0.3) is 0 Å². The molecule has 0 atom stereocenters. The molecule has 0 saturated carbocycles. The van der Waals surface area contributed by atoms with E-state index in [0.29, 0.717) is 16.8 Å². The van der Waals surface area contributed by atoms with Gasteiger partial charge in [0.1, 0.15) is 5.56 Å². The van der Waals surface area contributed by atoms with Crippen LogP contribution in [0.5, 0.6) is 6.01 Å². The summed E-state index contributed by atoms with van der Waals surface area (Å²) >= 11 is 3.36. The van der Waals surface area contributed by atoms with Crippen molar-refractivity contribution in [1.29, 1.82) is 0 Å². The first-order chi connectivity index (χ1) is 12.3. The molecule has 2 aromatic rings. The topological polar surface area (TPSA) is 38.2 Å². The maximum atomic E-state index is 13.4. The number of hydrogen-bond donors (Lipinski definition) is 0. The lowest BCUT2D eigenvalue weighted by molar-refractivity contribution is -0.137. The normalized spacial score (nSPS) is 11.5. The first-order valence-electron chi connectivity index (χ1n) is 8.40. The Labute approximate surface area is 159 Å². The van der Waals surface area contributed by atoms with Gasteiger partial charge in [0, 0.05) is 17.7 Å². The van der Waals surface area contributed by atoms with Crippen LogP contribution < -0.4 is 9.64 Å². The van der Waals surface area contributed by atoms with Gasteiger partial charge >= 0.3 is 12.2 Å². The van der Waals surface area contributed by atoms with Crippen LogP contribution in [-0.4, -0.2) is 23.6 Å². The standard InChI is InChI=1S/C18H21BrF3N3O/c1-3-4-5-8-11-26-17-23-12-13(18(20,21)22)16(24-17)25(2)15-10-7-6-9-14(15)19/h6-7,9-10,12H,3-5,8,11H2,1-2H3. The third-order valence-electron chi connectivity index (χ3n) is 3.81. The lowest BCUT2D eigenvalue weighted by atomic mass is 10.2. The van der Waals surface area contributed by atoms with Gasteiger partial charge < -0.3 is 9.64 Å². The van der Waals surface area contributed by atoms with Gasteiger partial charge in [0.15, 0.2) is 5.82 Å². The van der Waals surface area contributed by atoms with Crippen molar-refractivity contribution >= 4 is 27.4 Å². The van der Waals surface area contributed by atoms with Gasteiger partial charge in [-0.2, -0.15) is 18.2 Å². The summed E-state index contributed by atoms with van der Waals surface area (Å²) in [7, 11) is 1.53. The van der Waals surface area contributed by atoms with Crippen LogP contribution in [0.2, 0.25) is 0 Å². The number of ether oxygens (including phenoxy) is 1. The minimum atomic E-state index is -4.56. The fraction of sp³-hybridized carbons (Fsp3) is 0.444. The number of hydrogen-bond acceptors (Lipinski definition) is 4. The average molecular weight is 432 g/mol. The fourth-order valence-corrected chi connectivity index (χ4v) is 2.96. The summed E-state index contributed by atoms with van der Waals surface area (Å²) in [6.45, 7) is 2.48. The predicted molar refractivity (Wildman–Crippen MR) is 98.9 cm³/mol. The third kappa shape index (κ3) is 5.33. The van der Waals surface area contributed by atoms with Crippen LogP contribution in [0.1, 0.15) is 38.2 Å². The summed E-state index contributed by atoms with van der Waals surface area (Å²) < 4.78 is 46.3. The van der Waals surface area contributed by atoms with Crippen LogP contribution in [0.15, 0.2) is 34.9 Å². The summed E-state index contributed by atoms with van der Waals surface area (Å²) in [6.07, 6.45) is 0.209. The Morgan fingerprint density at radius 2 is 1.88 bits per heavy atom. The molecule has 142 valence electrons. The predicted octanol–water partition coefficient (Wildman–Crippen LogP) is 5.98. The Bertz CT molecular complexity index is 725. The molecule has 26 heavy (non-hydrogen) atoms. The lowest BCUT2D eigenvalue weighted by Gasteiger charge is -2.23. The van der Waals surface area contributed by atoms with Crippen molar-refractivity contribution in [2.75, 3.05) is 18.6 Å². The highest BCUT2D eigenvalue weighted by molar-refractivity contribution is 9.10. The van der Waals surface area contributed by atoms with E-state index in [1.807, 2.05) is 0 Å². The van der Waals surface area contributed by atoms with Gasteiger partial charge in [0.05, 0.1) is 12.3 Å². The molecular weight excluding hydrogens is 411 g/mol. The fourth-order valence-electron chi connectivity index (χ4n) is 2.41. The van der Waals surface area contributed by atoms with Crippen molar-refractivity contribution in [3.8, 4) is 6.01 Å². The summed E-state index contributed by atoms with van der Waals surface area (Å²) in [6, 6.07) is 6.94. The molecule has 1 aromatic heterocycles. The van der Waals surface area contributed by atoms with E-state index in [0.717, 1.165) is 31.9 Å². The second-order valence-electron chi connectivity index (χ2n) is 5.81. The molecule has 0 aliphatic carbocycles. The Kier molecular flexibility index (Phi) is 7.25. The van der Waals surface area contributed by atoms with E-state index in [1.165, 1.54) is 11.9 Å². The van der Waals surface area contributed by atoms with Gasteiger partial charge in [-0.3, -0.25) is 0 Å². The Morgan fingerprint density at radius 1 is 1.15 bits per heavy atom. The molecule has 4 nitrogen and oxygen atoms in total. The van der Waals surface area contributed by atoms with E-state index in [4.69, 9.17) is 4.74 Å². The van der Waals surface area contributed by atoms with Crippen LogP contribution in [0.4, 0.5) is 24.7 Å². The van der Waals surface area contributed by atoms with Gasteiger partial charge in [-0.15, -0.1) is 0 Å². The second-order valence-corrected chi connectivity index (χ2v) is 6.66. The van der Waals surface area contributed by atoms with Crippen LogP contribution in [0.3, 0.4) is 0 Å². The molecule has 0 spiro atoms. The van der Waals surface area contributed by atoms with Crippen LogP contribution in [-0.2, 0) is 6.18 Å². The average Bonchev–Trinajstić information content (AvgIpc) is 2.60. The number of unbranched alkanes of at least 4 members (excludes halogenated alkanes) is 3. The number of nitrogens with zero attached hydrogens (tertiary/aromatic N) is 3. The van der Waals surface area contributed by atoms with E-state index in [9.17, 15) is 13.2 Å². The largest absolute Gasteiger partial charge is 0.463 e. The quantitative estimate of drug-likeness (QED) is 0.481. The SMILES string of the molecule is CCCCCCOc1ncc(C(F)(F)F)c(N(C)c2ccccc2Br)n1. The van der Waals surface area contributed by atoms with Crippen molar-refractivity contribution in [3.63, 3.8) is 0 Å². The highest BCUT2D eigenvalue weighted by Gasteiger charge is 2.37. The maximum Gasteiger partial charge on any atom is 0.421 e. The van der Waals surface area contributed by atoms with Crippen LogP contribution in [0.25, 0.3) is 0 Å². The molecule has 1 aromatic carbocycles. The molecule has 0 aliphatic heterocycles. The van der Waals surface area contributed by atoms with Crippen molar-refractivity contribution in [2.45, 2.75) is 38.8 Å². The molecule has 0 radical (unpaired) electrons. The van der Waals surface area contributed by atoms with E-state index >= 15 is 0 Å². The summed E-state index contributed by atoms with van der Waals surface area (Å²) in [5, 5.41) is 0. The summed E-state index contributed by atoms with van der Waals surface area (Å²) in [5.41, 5.74) is -0.348. The highest BCUT2D eigenvalue weighted by atomic mass is 79.9. The zero-order valence-electron chi connectivity index (χ0n) is 14.7. The molecular formula is C18H21BrF3N3O. The molecule has 0 bridgehead atoms. The minimum Gasteiger partial charge on any atom is -0.463 e. The molecule has 0 N–H and O–H groups in total. The Hall–Kier alpha value is -1.83. The van der Waals surface area contributed by atoms with Gasteiger partial charge in [-0.05, 0) is 34.5 Å². The van der Waals surface area contributed by atoms with E-state index in [1.54, 1.807) is 24.3 Å². The molecule has 0 amide bonds. The van der Waals surface area contributed by atoms with Crippen LogP contribution >= 0.6 is 15.9 Å². The Balaban J connectivity index is 2.28. The first-order valence-corrected chi connectivity index (χ1v) is 9.19. The maximum absolute atomic E-state index is 13.4. The first kappa shape index (κ1) is 20.5. The number of anilines is 2.